The van der Waals surface area contributed by atoms with Gasteiger partial charge in [-0.15, -0.1) is 0 Å². The first-order chi connectivity index (χ1) is 13.0. The molecule has 0 unspecified atom stereocenters. The van der Waals surface area contributed by atoms with Crippen LogP contribution in [0, 0.1) is 5.82 Å². The van der Waals surface area contributed by atoms with E-state index in [9.17, 15) is 12.8 Å². The largest absolute Gasteiger partial charge is 0.428 e. The lowest BCUT2D eigenvalue weighted by Crippen LogP contribution is -2.03. The van der Waals surface area contributed by atoms with Gasteiger partial charge < -0.3 is 4.42 Å². The van der Waals surface area contributed by atoms with Crippen LogP contribution in [0.15, 0.2) is 74.0 Å². The molecule has 142 valence electrons. The third-order valence-electron chi connectivity index (χ3n) is 3.95. The predicted molar refractivity (Wildman–Crippen MR) is 104 cm³/mol. The van der Waals surface area contributed by atoms with E-state index in [1.165, 1.54) is 48.2 Å². The zero-order valence-electron chi connectivity index (χ0n) is 14.9. The number of nitrogens with zero attached hydrogens (tertiary/aromatic N) is 1. The highest BCUT2D eigenvalue weighted by Gasteiger charge is 2.28. The summed E-state index contributed by atoms with van der Waals surface area (Å²) in [5.41, 5.74) is 0.529. The Labute approximate surface area is 162 Å². The molecular formula is C20H20FNO3S2. The molecular weight excluding hydrogens is 385 g/mol. The van der Waals surface area contributed by atoms with Crippen LogP contribution in [0.1, 0.15) is 26.2 Å². The number of hydrogen-bond acceptors (Lipinski definition) is 5. The fourth-order valence-electron chi connectivity index (χ4n) is 2.50. The third-order valence-corrected chi connectivity index (χ3v) is 6.79. The Bertz CT molecular complexity index is 984. The van der Waals surface area contributed by atoms with Gasteiger partial charge in [0.2, 0.25) is 25.8 Å². The first-order valence-electron chi connectivity index (χ1n) is 8.72. The van der Waals surface area contributed by atoms with Crippen molar-refractivity contribution in [1.82, 2.24) is 4.98 Å². The maximum atomic E-state index is 13.2. The van der Waals surface area contributed by atoms with Crippen LogP contribution in [-0.4, -0.2) is 19.2 Å². The second-order valence-corrected chi connectivity index (χ2v) is 8.92. The van der Waals surface area contributed by atoms with Gasteiger partial charge in [0, 0.05) is 11.3 Å². The Morgan fingerprint density at radius 3 is 2.41 bits per heavy atom. The number of unbranched alkanes of at least 4 members (excludes halogenated alkanes) is 2. The van der Waals surface area contributed by atoms with Crippen molar-refractivity contribution in [3.8, 4) is 11.5 Å². The minimum Gasteiger partial charge on any atom is -0.428 e. The van der Waals surface area contributed by atoms with E-state index in [4.69, 9.17) is 4.42 Å². The van der Waals surface area contributed by atoms with Gasteiger partial charge in [-0.05, 0) is 42.8 Å². The second-order valence-electron chi connectivity index (χ2n) is 5.99. The van der Waals surface area contributed by atoms with Crippen LogP contribution in [0.5, 0.6) is 0 Å². The van der Waals surface area contributed by atoms with Crippen LogP contribution in [0.3, 0.4) is 0 Å². The summed E-state index contributed by atoms with van der Waals surface area (Å²) in [6.45, 7) is 2.11. The molecule has 0 N–H and O–H groups in total. The number of sulfone groups is 1. The van der Waals surface area contributed by atoms with Gasteiger partial charge in [-0.25, -0.2) is 12.8 Å². The van der Waals surface area contributed by atoms with Crippen LogP contribution < -0.4 is 0 Å². The Morgan fingerprint density at radius 2 is 1.74 bits per heavy atom. The topological polar surface area (TPSA) is 60.2 Å². The summed E-state index contributed by atoms with van der Waals surface area (Å²) < 4.78 is 45.1. The van der Waals surface area contributed by atoms with Gasteiger partial charge in [0.1, 0.15) is 5.82 Å². The smallest absolute Gasteiger partial charge is 0.228 e. The van der Waals surface area contributed by atoms with Gasteiger partial charge in [-0.1, -0.05) is 49.7 Å². The highest BCUT2D eigenvalue weighted by Crippen LogP contribution is 2.35. The molecule has 3 rings (SSSR count). The summed E-state index contributed by atoms with van der Waals surface area (Å²) >= 11 is 1.34. The van der Waals surface area contributed by atoms with E-state index in [1.54, 1.807) is 18.2 Å². The summed E-state index contributed by atoms with van der Waals surface area (Å²) in [6.07, 6.45) is 3.10. The van der Waals surface area contributed by atoms with Gasteiger partial charge in [0.15, 0.2) is 0 Å². The zero-order chi connectivity index (χ0) is 19.3. The van der Waals surface area contributed by atoms with Gasteiger partial charge in [-0.3, -0.25) is 0 Å². The van der Waals surface area contributed by atoms with Crippen molar-refractivity contribution < 1.29 is 17.2 Å². The van der Waals surface area contributed by atoms with Crippen LogP contribution in [0.25, 0.3) is 11.5 Å². The summed E-state index contributed by atoms with van der Waals surface area (Å²) in [6, 6.07) is 13.8. The van der Waals surface area contributed by atoms with Crippen molar-refractivity contribution in [1.29, 1.82) is 0 Å². The lowest BCUT2D eigenvalue weighted by Gasteiger charge is -2.03. The monoisotopic (exact) mass is 405 g/mol. The number of thioether (sulfide) groups is 1. The molecule has 0 radical (unpaired) electrons. The Morgan fingerprint density at radius 1 is 1.04 bits per heavy atom. The predicted octanol–water partition coefficient (Wildman–Crippen LogP) is 5.60. The molecule has 0 aliphatic carbocycles. The van der Waals surface area contributed by atoms with Crippen LogP contribution >= 0.6 is 11.8 Å². The molecule has 0 bridgehead atoms. The van der Waals surface area contributed by atoms with Crippen molar-refractivity contribution >= 4 is 21.6 Å². The van der Waals surface area contributed by atoms with Crippen LogP contribution in [-0.2, 0) is 9.84 Å². The number of oxazole rings is 1. The number of hydrogen-bond donors (Lipinski definition) is 0. The highest BCUT2D eigenvalue weighted by atomic mass is 32.2. The molecule has 3 aromatic rings. The standard InChI is InChI=1S/C20H20FNO3S2/c1-2-3-7-14-26-20-19(27(23,24)17-8-5-4-6-9-17)22-18(25-20)15-10-12-16(21)13-11-15/h4-6,8-13H,2-3,7,14H2,1H3. The number of benzene rings is 2. The molecule has 0 saturated heterocycles. The van der Waals surface area contributed by atoms with E-state index >= 15 is 0 Å². The lowest BCUT2D eigenvalue weighted by atomic mass is 10.2. The van der Waals surface area contributed by atoms with E-state index in [2.05, 4.69) is 11.9 Å². The van der Waals surface area contributed by atoms with Crippen molar-refractivity contribution in [2.75, 3.05) is 5.75 Å². The first-order valence-corrected chi connectivity index (χ1v) is 11.2. The second kappa shape index (κ2) is 8.71. The molecule has 2 aromatic carbocycles. The van der Waals surface area contributed by atoms with Gasteiger partial charge in [-0.2, -0.15) is 4.98 Å². The number of halogens is 1. The SMILES string of the molecule is CCCCCSc1oc(-c2ccc(F)cc2)nc1S(=O)(=O)c1ccccc1. The molecule has 1 heterocycles. The van der Waals surface area contributed by atoms with E-state index in [-0.39, 0.29) is 26.7 Å². The average molecular weight is 406 g/mol. The molecule has 0 aliphatic heterocycles. The minimum atomic E-state index is -3.81. The molecule has 0 spiro atoms. The molecule has 27 heavy (non-hydrogen) atoms. The summed E-state index contributed by atoms with van der Waals surface area (Å²) in [7, 11) is -3.81. The maximum absolute atomic E-state index is 13.2. The molecule has 0 saturated carbocycles. The highest BCUT2D eigenvalue weighted by molar-refractivity contribution is 8.00. The minimum absolute atomic E-state index is 0.0884. The number of aromatic nitrogens is 1. The van der Waals surface area contributed by atoms with Crippen LogP contribution in [0.4, 0.5) is 4.39 Å². The summed E-state index contributed by atoms with van der Waals surface area (Å²) in [4.78, 5) is 4.43. The van der Waals surface area contributed by atoms with E-state index in [0.29, 0.717) is 5.56 Å². The van der Waals surface area contributed by atoms with Crippen molar-refractivity contribution in [3.05, 3.63) is 60.4 Å². The lowest BCUT2D eigenvalue weighted by molar-refractivity contribution is 0.470. The van der Waals surface area contributed by atoms with Crippen molar-refractivity contribution in [3.63, 3.8) is 0 Å². The molecule has 1 aromatic heterocycles. The first kappa shape index (κ1) is 19.6. The van der Waals surface area contributed by atoms with Crippen molar-refractivity contribution in [2.24, 2.45) is 0 Å². The Kier molecular flexibility index (Phi) is 6.34. The normalized spacial score (nSPS) is 11.6. The van der Waals surface area contributed by atoms with Gasteiger partial charge in [0.05, 0.1) is 4.90 Å². The summed E-state index contributed by atoms with van der Waals surface area (Å²) in [5.74, 6) is 0.530. The number of rotatable bonds is 8. The molecule has 0 atom stereocenters. The third kappa shape index (κ3) is 4.59. The molecule has 0 fully saturated rings. The zero-order valence-corrected chi connectivity index (χ0v) is 16.5. The quantitative estimate of drug-likeness (QED) is 0.361. The molecule has 0 aliphatic rings. The fraction of sp³-hybridized carbons (Fsp3) is 0.250. The van der Waals surface area contributed by atoms with Crippen molar-refractivity contribution in [2.45, 2.75) is 41.2 Å². The van der Waals surface area contributed by atoms with Crippen LogP contribution in [0.2, 0.25) is 0 Å². The Hall–Kier alpha value is -2.12. The Balaban J connectivity index is 2.01. The van der Waals surface area contributed by atoms with Gasteiger partial charge >= 0.3 is 0 Å². The summed E-state index contributed by atoms with van der Waals surface area (Å²) in [5, 5.41) is 0.184. The molecule has 0 amide bonds. The molecule has 7 heteroatoms. The average Bonchev–Trinajstić information content (AvgIpc) is 3.11. The fourth-order valence-corrected chi connectivity index (χ4v) is 5.05. The molecule has 4 nitrogen and oxygen atoms in total. The maximum Gasteiger partial charge on any atom is 0.228 e. The van der Waals surface area contributed by atoms with E-state index in [1.807, 2.05) is 0 Å². The van der Waals surface area contributed by atoms with E-state index in [0.717, 1.165) is 25.0 Å². The van der Waals surface area contributed by atoms with Gasteiger partial charge in [0.25, 0.3) is 0 Å². The van der Waals surface area contributed by atoms with E-state index < -0.39 is 9.84 Å².